The summed E-state index contributed by atoms with van der Waals surface area (Å²) < 4.78 is 0. The molecule has 1 aliphatic rings. The summed E-state index contributed by atoms with van der Waals surface area (Å²) in [6.07, 6.45) is 3.69. The molecule has 0 amide bonds. The van der Waals surface area contributed by atoms with E-state index >= 15 is 0 Å². The van der Waals surface area contributed by atoms with Crippen LogP contribution in [-0.4, -0.2) is 30.5 Å². The van der Waals surface area contributed by atoms with Gasteiger partial charge in [-0.25, -0.2) is 5.84 Å². The molecule has 0 saturated heterocycles. The van der Waals surface area contributed by atoms with E-state index in [2.05, 4.69) is 22.2 Å². The molecule has 0 radical (unpaired) electrons. The first-order valence-electron chi connectivity index (χ1n) is 4.53. The van der Waals surface area contributed by atoms with Crippen molar-refractivity contribution in [1.29, 1.82) is 0 Å². The van der Waals surface area contributed by atoms with Gasteiger partial charge in [-0.1, -0.05) is 6.92 Å². The minimum atomic E-state index is 0.680. The van der Waals surface area contributed by atoms with Crippen LogP contribution < -0.4 is 11.3 Å². The van der Waals surface area contributed by atoms with Crippen LogP contribution in [0.25, 0.3) is 0 Å². The molecule has 0 bridgehead atoms. The van der Waals surface area contributed by atoms with Gasteiger partial charge in [-0.15, -0.1) is 0 Å². The Hall–Kier alpha value is -0.770. The summed E-state index contributed by atoms with van der Waals surface area (Å²) in [5.74, 6) is 6.18. The molecular formula is C8H18N4. The van der Waals surface area contributed by atoms with Gasteiger partial charge in [-0.05, 0) is 19.3 Å². The van der Waals surface area contributed by atoms with Crippen molar-refractivity contribution >= 4 is 5.96 Å². The number of nitrogens with two attached hydrogens (primary N) is 1. The third-order valence-corrected chi connectivity index (χ3v) is 2.07. The highest BCUT2D eigenvalue weighted by molar-refractivity contribution is 5.79. The summed E-state index contributed by atoms with van der Waals surface area (Å²) in [6, 6.07) is 0.680. The molecule has 1 fully saturated rings. The quantitative estimate of drug-likeness (QED) is 0.277. The predicted molar refractivity (Wildman–Crippen MR) is 50.7 cm³/mol. The Kier molecular flexibility index (Phi) is 3.34. The number of nitrogens with zero attached hydrogens (tertiary/aromatic N) is 2. The van der Waals surface area contributed by atoms with Crippen molar-refractivity contribution in [2.45, 2.75) is 32.2 Å². The molecule has 0 spiro atoms. The molecule has 0 aliphatic heterocycles. The molecule has 1 rings (SSSR count). The third kappa shape index (κ3) is 2.11. The Morgan fingerprint density at radius 1 is 1.67 bits per heavy atom. The average molecular weight is 170 g/mol. The number of hydrazine groups is 1. The molecular weight excluding hydrogens is 152 g/mol. The molecule has 0 unspecified atom stereocenters. The minimum Gasteiger partial charge on any atom is -0.339 e. The first-order valence-corrected chi connectivity index (χ1v) is 4.53. The highest BCUT2D eigenvalue weighted by atomic mass is 15.4. The molecule has 0 aromatic heterocycles. The Morgan fingerprint density at radius 3 is 2.67 bits per heavy atom. The number of aliphatic imine (C=N–C) groups is 1. The molecule has 4 nitrogen and oxygen atoms in total. The zero-order valence-corrected chi connectivity index (χ0v) is 7.88. The van der Waals surface area contributed by atoms with Gasteiger partial charge in [-0.2, -0.15) is 0 Å². The summed E-state index contributed by atoms with van der Waals surface area (Å²) >= 11 is 0. The number of guanidine groups is 1. The normalized spacial score (nSPS) is 17.8. The van der Waals surface area contributed by atoms with E-state index in [0.717, 1.165) is 18.9 Å². The Bertz CT molecular complexity index is 162. The van der Waals surface area contributed by atoms with Crippen LogP contribution in [0.5, 0.6) is 0 Å². The van der Waals surface area contributed by atoms with Gasteiger partial charge in [0.1, 0.15) is 0 Å². The lowest BCUT2D eigenvalue weighted by molar-refractivity contribution is 0.393. The minimum absolute atomic E-state index is 0.680. The summed E-state index contributed by atoms with van der Waals surface area (Å²) in [6.45, 7) is 3.21. The number of hydrogen-bond acceptors (Lipinski definition) is 2. The van der Waals surface area contributed by atoms with Crippen molar-refractivity contribution in [3.05, 3.63) is 0 Å². The van der Waals surface area contributed by atoms with Crippen LogP contribution in [-0.2, 0) is 0 Å². The summed E-state index contributed by atoms with van der Waals surface area (Å²) in [5.41, 5.74) is 2.63. The number of hydrogen-bond donors (Lipinski definition) is 2. The molecule has 1 saturated carbocycles. The Balaban J connectivity index is 2.50. The van der Waals surface area contributed by atoms with E-state index in [4.69, 9.17) is 5.84 Å². The molecule has 0 aromatic carbocycles. The van der Waals surface area contributed by atoms with E-state index in [0.29, 0.717) is 6.04 Å². The van der Waals surface area contributed by atoms with Crippen LogP contribution in [0.3, 0.4) is 0 Å². The van der Waals surface area contributed by atoms with Gasteiger partial charge in [0.05, 0.1) is 0 Å². The largest absolute Gasteiger partial charge is 0.339 e. The standard InChI is InChI=1S/C8H18N4/c1-3-6-12(7-4-5-7)8(10-2)11-9/h7H,3-6,9H2,1-2H3,(H,10,11). The van der Waals surface area contributed by atoms with Crippen molar-refractivity contribution in [1.82, 2.24) is 10.3 Å². The molecule has 3 N–H and O–H groups in total. The second-order valence-corrected chi connectivity index (χ2v) is 3.12. The molecule has 0 heterocycles. The molecule has 0 aromatic rings. The molecule has 12 heavy (non-hydrogen) atoms. The third-order valence-electron chi connectivity index (χ3n) is 2.07. The van der Waals surface area contributed by atoms with Crippen LogP contribution in [0, 0.1) is 0 Å². The SMILES string of the molecule is CCCN(C(=NC)NN)C1CC1. The Labute approximate surface area is 73.8 Å². The van der Waals surface area contributed by atoms with E-state index in [9.17, 15) is 0 Å². The molecule has 70 valence electrons. The maximum Gasteiger partial charge on any atom is 0.208 e. The van der Waals surface area contributed by atoms with Crippen molar-refractivity contribution in [2.24, 2.45) is 10.8 Å². The van der Waals surface area contributed by atoms with Gasteiger partial charge >= 0.3 is 0 Å². The van der Waals surface area contributed by atoms with E-state index in [-0.39, 0.29) is 0 Å². The summed E-state index contributed by atoms with van der Waals surface area (Å²) in [4.78, 5) is 6.34. The smallest absolute Gasteiger partial charge is 0.208 e. The lowest BCUT2D eigenvalue weighted by atomic mass is 10.4. The lowest BCUT2D eigenvalue weighted by Crippen LogP contribution is -2.46. The van der Waals surface area contributed by atoms with Gasteiger partial charge in [-0.3, -0.25) is 10.4 Å². The van der Waals surface area contributed by atoms with E-state index in [1.165, 1.54) is 12.8 Å². The molecule has 4 heteroatoms. The fourth-order valence-corrected chi connectivity index (χ4v) is 1.36. The summed E-state index contributed by atoms with van der Waals surface area (Å²) in [7, 11) is 1.76. The number of nitrogens with one attached hydrogen (secondary N) is 1. The summed E-state index contributed by atoms with van der Waals surface area (Å²) in [5, 5.41) is 0. The number of rotatable bonds is 3. The van der Waals surface area contributed by atoms with Crippen molar-refractivity contribution < 1.29 is 0 Å². The van der Waals surface area contributed by atoms with Crippen LogP contribution in [0.4, 0.5) is 0 Å². The second-order valence-electron chi connectivity index (χ2n) is 3.12. The van der Waals surface area contributed by atoms with Gasteiger partial charge in [0, 0.05) is 19.6 Å². The molecule has 1 aliphatic carbocycles. The Morgan fingerprint density at radius 2 is 2.33 bits per heavy atom. The van der Waals surface area contributed by atoms with Crippen LogP contribution in [0.1, 0.15) is 26.2 Å². The fraction of sp³-hybridized carbons (Fsp3) is 0.875. The monoisotopic (exact) mass is 170 g/mol. The molecule has 0 atom stereocenters. The average Bonchev–Trinajstić information content (AvgIpc) is 2.88. The van der Waals surface area contributed by atoms with Crippen LogP contribution in [0.2, 0.25) is 0 Å². The van der Waals surface area contributed by atoms with Crippen LogP contribution in [0.15, 0.2) is 4.99 Å². The maximum atomic E-state index is 5.36. The van der Waals surface area contributed by atoms with Crippen molar-refractivity contribution in [3.8, 4) is 0 Å². The fourth-order valence-electron chi connectivity index (χ4n) is 1.36. The van der Waals surface area contributed by atoms with Gasteiger partial charge in [0.25, 0.3) is 0 Å². The van der Waals surface area contributed by atoms with Gasteiger partial charge < -0.3 is 4.90 Å². The van der Waals surface area contributed by atoms with E-state index in [1.54, 1.807) is 7.05 Å². The lowest BCUT2D eigenvalue weighted by Gasteiger charge is -2.24. The van der Waals surface area contributed by atoms with E-state index < -0.39 is 0 Å². The van der Waals surface area contributed by atoms with Gasteiger partial charge in [0.2, 0.25) is 5.96 Å². The highest BCUT2D eigenvalue weighted by Crippen LogP contribution is 2.26. The zero-order valence-electron chi connectivity index (χ0n) is 7.88. The van der Waals surface area contributed by atoms with Crippen molar-refractivity contribution in [2.75, 3.05) is 13.6 Å². The van der Waals surface area contributed by atoms with Gasteiger partial charge in [0.15, 0.2) is 0 Å². The topological polar surface area (TPSA) is 53.6 Å². The van der Waals surface area contributed by atoms with Crippen LogP contribution >= 0.6 is 0 Å². The predicted octanol–water partition coefficient (Wildman–Crippen LogP) is 0.310. The van der Waals surface area contributed by atoms with Crippen molar-refractivity contribution in [3.63, 3.8) is 0 Å². The second kappa shape index (κ2) is 4.30. The first-order chi connectivity index (χ1) is 5.83. The highest BCUT2D eigenvalue weighted by Gasteiger charge is 2.30. The van der Waals surface area contributed by atoms with E-state index in [1.807, 2.05) is 0 Å². The first kappa shape index (κ1) is 9.32. The zero-order chi connectivity index (χ0) is 8.97. The maximum absolute atomic E-state index is 5.36.